The summed E-state index contributed by atoms with van der Waals surface area (Å²) in [5.41, 5.74) is 0. The molecular weight excluding hydrogens is 218 g/mol. The highest BCUT2D eigenvalue weighted by atomic mass is 32.1. The van der Waals surface area contributed by atoms with Gasteiger partial charge in [0.1, 0.15) is 0 Å². The minimum atomic E-state index is 0.231. The molecule has 1 aromatic rings. The molecule has 84 valence electrons. The second-order valence-corrected chi connectivity index (χ2v) is 5.87. The maximum absolute atomic E-state index is 12.4. The van der Waals surface area contributed by atoms with Gasteiger partial charge in [-0.05, 0) is 38.3 Å². The van der Waals surface area contributed by atoms with E-state index in [0.29, 0.717) is 12.1 Å². The Hall–Kier alpha value is -1.09. The van der Waals surface area contributed by atoms with Crippen molar-refractivity contribution >= 4 is 17.2 Å². The quantitative estimate of drug-likeness (QED) is 0.683. The Morgan fingerprint density at radius 1 is 1.44 bits per heavy atom. The molecule has 0 spiro atoms. The van der Waals surface area contributed by atoms with Crippen molar-refractivity contribution in [1.82, 2.24) is 4.90 Å². The monoisotopic (exact) mass is 233 g/mol. The van der Waals surface area contributed by atoms with Crippen LogP contribution >= 0.6 is 11.3 Å². The van der Waals surface area contributed by atoms with Crippen molar-refractivity contribution in [2.45, 2.75) is 38.3 Å². The Kier molecular flexibility index (Phi) is 2.36. The molecule has 2 nitrogen and oxygen atoms in total. The zero-order valence-electron chi connectivity index (χ0n) is 9.35. The third kappa shape index (κ3) is 1.50. The van der Waals surface area contributed by atoms with E-state index in [2.05, 4.69) is 17.1 Å². The Morgan fingerprint density at radius 2 is 2.31 bits per heavy atom. The van der Waals surface area contributed by atoms with Gasteiger partial charge in [-0.15, -0.1) is 11.3 Å². The van der Waals surface area contributed by atoms with Crippen LogP contribution in [0.5, 0.6) is 0 Å². The predicted molar refractivity (Wildman–Crippen MR) is 65.8 cm³/mol. The summed E-state index contributed by atoms with van der Waals surface area (Å²) in [7, 11) is 0. The molecule has 3 heteroatoms. The number of fused-ring (bicyclic) bond motifs is 2. The average Bonchev–Trinajstić information content (AvgIpc) is 2.80. The minimum Gasteiger partial charge on any atom is -0.328 e. The van der Waals surface area contributed by atoms with Gasteiger partial charge in [0.15, 0.2) is 0 Å². The van der Waals surface area contributed by atoms with Crippen LogP contribution in [0.15, 0.2) is 24.3 Å². The lowest BCUT2D eigenvalue weighted by Crippen LogP contribution is -2.41. The highest BCUT2D eigenvalue weighted by Gasteiger charge is 2.37. The SMILES string of the molecule is Cc1ccc(C(=O)N2C3C=CCC2CC3)s1. The number of carbonyl (C=O) groups is 1. The zero-order chi connectivity index (χ0) is 11.1. The van der Waals surface area contributed by atoms with Gasteiger partial charge in [0.2, 0.25) is 0 Å². The molecule has 1 amide bonds. The number of hydrogen-bond donors (Lipinski definition) is 0. The zero-order valence-corrected chi connectivity index (χ0v) is 10.2. The minimum absolute atomic E-state index is 0.231. The van der Waals surface area contributed by atoms with Crippen LogP contribution in [0.2, 0.25) is 0 Å². The standard InChI is InChI=1S/C13H15NOS/c1-9-5-8-12(16-9)13(15)14-10-3-2-4-11(14)7-6-10/h2-3,5,8,10-11H,4,6-7H2,1H3. The van der Waals surface area contributed by atoms with E-state index in [0.717, 1.165) is 24.1 Å². The molecule has 16 heavy (non-hydrogen) atoms. The summed E-state index contributed by atoms with van der Waals surface area (Å²) in [6.07, 6.45) is 7.76. The molecule has 3 rings (SSSR count). The molecule has 3 heterocycles. The first-order chi connectivity index (χ1) is 7.75. The lowest BCUT2D eigenvalue weighted by Gasteiger charge is -2.31. The van der Waals surface area contributed by atoms with E-state index < -0.39 is 0 Å². The van der Waals surface area contributed by atoms with Gasteiger partial charge in [-0.2, -0.15) is 0 Å². The fourth-order valence-electron chi connectivity index (χ4n) is 2.72. The van der Waals surface area contributed by atoms with Crippen molar-refractivity contribution in [3.63, 3.8) is 0 Å². The Morgan fingerprint density at radius 3 is 3.00 bits per heavy atom. The van der Waals surface area contributed by atoms with Gasteiger partial charge in [0.05, 0.1) is 10.9 Å². The lowest BCUT2D eigenvalue weighted by molar-refractivity contribution is 0.0694. The molecule has 2 bridgehead atoms. The topological polar surface area (TPSA) is 20.3 Å². The molecule has 0 N–H and O–H groups in total. The fourth-order valence-corrected chi connectivity index (χ4v) is 3.53. The van der Waals surface area contributed by atoms with E-state index in [1.165, 1.54) is 4.88 Å². The van der Waals surface area contributed by atoms with Crippen LogP contribution in [0.4, 0.5) is 0 Å². The molecule has 1 aromatic heterocycles. The van der Waals surface area contributed by atoms with Crippen LogP contribution in [0.3, 0.4) is 0 Å². The molecule has 2 unspecified atom stereocenters. The number of rotatable bonds is 1. The molecule has 1 fully saturated rings. The van der Waals surface area contributed by atoms with Crippen molar-refractivity contribution in [3.8, 4) is 0 Å². The van der Waals surface area contributed by atoms with Crippen molar-refractivity contribution < 1.29 is 4.79 Å². The van der Waals surface area contributed by atoms with Gasteiger partial charge in [-0.25, -0.2) is 0 Å². The van der Waals surface area contributed by atoms with Crippen molar-refractivity contribution in [2.75, 3.05) is 0 Å². The Balaban J connectivity index is 1.88. The van der Waals surface area contributed by atoms with Gasteiger partial charge in [0, 0.05) is 10.9 Å². The first kappa shape index (κ1) is 10.1. The van der Waals surface area contributed by atoms with Crippen LogP contribution in [0.25, 0.3) is 0 Å². The van der Waals surface area contributed by atoms with Gasteiger partial charge in [-0.1, -0.05) is 12.2 Å². The predicted octanol–water partition coefficient (Wildman–Crippen LogP) is 2.99. The van der Waals surface area contributed by atoms with E-state index in [4.69, 9.17) is 0 Å². The van der Waals surface area contributed by atoms with Crippen LogP contribution in [-0.2, 0) is 0 Å². The smallest absolute Gasteiger partial charge is 0.264 e. The Labute approximate surface area is 99.6 Å². The number of hydrogen-bond acceptors (Lipinski definition) is 2. The molecule has 0 aliphatic carbocycles. The third-order valence-electron chi connectivity index (χ3n) is 3.50. The first-order valence-corrected chi connectivity index (χ1v) is 6.63. The second kappa shape index (κ2) is 3.74. The largest absolute Gasteiger partial charge is 0.328 e. The summed E-state index contributed by atoms with van der Waals surface area (Å²) in [5, 5.41) is 0. The maximum Gasteiger partial charge on any atom is 0.264 e. The number of thiophene rings is 1. The van der Waals surface area contributed by atoms with Crippen LogP contribution in [0.1, 0.15) is 33.8 Å². The van der Waals surface area contributed by atoms with Gasteiger partial charge >= 0.3 is 0 Å². The highest BCUT2D eigenvalue weighted by Crippen LogP contribution is 2.33. The summed E-state index contributed by atoms with van der Waals surface area (Å²) in [6.45, 7) is 2.05. The second-order valence-electron chi connectivity index (χ2n) is 4.59. The molecule has 2 aliphatic rings. The van der Waals surface area contributed by atoms with E-state index in [1.807, 2.05) is 19.1 Å². The van der Waals surface area contributed by atoms with Crippen molar-refractivity contribution in [3.05, 3.63) is 34.0 Å². The number of amides is 1. The number of nitrogens with zero attached hydrogens (tertiary/aromatic N) is 1. The van der Waals surface area contributed by atoms with Crippen molar-refractivity contribution in [2.24, 2.45) is 0 Å². The van der Waals surface area contributed by atoms with Gasteiger partial charge in [-0.3, -0.25) is 4.79 Å². The number of aryl methyl sites for hydroxylation is 1. The summed E-state index contributed by atoms with van der Waals surface area (Å²) in [5.74, 6) is 0.231. The summed E-state index contributed by atoms with van der Waals surface area (Å²) in [4.78, 5) is 16.6. The molecular formula is C13H15NOS. The van der Waals surface area contributed by atoms with Crippen LogP contribution < -0.4 is 0 Å². The van der Waals surface area contributed by atoms with Gasteiger partial charge < -0.3 is 4.90 Å². The summed E-state index contributed by atoms with van der Waals surface area (Å²) >= 11 is 1.61. The average molecular weight is 233 g/mol. The van der Waals surface area contributed by atoms with Crippen molar-refractivity contribution in [1.29, 1.82) is 0 Å². The summed E-state index contributed by atoms with van der Waals surface area (Å²) < 4.78 is 0. The molecule has 2 atom stereocenters. The third-order valence-corrected chi connectivity index (χ3v) is 4.49. The van der Waals surface area contributed by atoms with Gasteiger partial charge in [0.25, 0.3) is 5.91 Å². The fraction of sp³-hybridized carbons (Fsp3) is 0.462. The first-order valence-electron chi connectivity index (χ1n) is 5.81. The lowest BCUT2D eigenvalue weighted by atomic mass is 10.1. The normalized spacial score (nSPS) is 27.4. The molecule has 0 saturated carbocycles. The van der Waals surface area contributed by atoms with E-state index in [1.54, 1.807) is 11.3 Å². The Bertz CT molecular complexity index is 449. The summed E-state index contributed by atoms with van der Waals surface area (Å²) in [6, 6.07) is 4.79. The number of carbonyl (C=O) groups excluding carboxylic acids is 1. The van der Waals surface area contributed by atoms with E-state index in [9.17, 15) is 4.79 Å². The molecule has 0 aromatic carbocycles. The van der Waals surface area contributed by atoms with Crippen LogP contribution in [-0.4, -0.2) is 22.9 Å². The van der Waals surface area contributed by atoms with E-state index in [-0.39, 0.29) is 5.91 Å². The highest BCUT2D eigenvalue weighted by molar-refractivity contribution is 7.13. The molecule has 0 radical (unpaired) electrons. The molecule has 2 aliphatic heterocycles. The van der Waals surface area contributed by atoms with E-state index >= 15 is 0 Å². The molecule has 1 saturated heterocycles. The van der Waals surface area contributed by atoms with Crippen LogP contribution in [0, 0.1) is 6.92 Å². The maximum atomic E-state index is 12.4.